The van der Waals surface area contributed by atoms with Crippen LogP contribution in [0.4, 0.5) is 10.5 Å². The number of carbonyl (C=O) groups excluding carboxylic acids is 1. The van der Waals surface area contributed by atoms with Crippen molar-refractivity contribution in [3.05, 3.63) is 65.2 Å². The highest BCUT2D eigenvalue weighted by Crippen LogP contribution is 2.20. The van der Waals surface area contributed by atoms with Gasteiger partial charge in [-0.1, -0.05) is 55.8 Å². The lowest BCUT2D eigenvalue weighted by atomic mass is 10.00. The minimum Gasteiger partial charge on any atom is -0.355 e. The van der Waals surface area contributed by atoms with E-state index in [9.17, 15) is 10.1 Å². The molecular weight excluding hydrogens is 424 g/mol. The maximum absolute atomic E-state index is 12.8. The highest BCUT2D eigenvalue weighted by atomic mass is 35.5. The summed E-state index contributed by atoms with van der Waals surface area (Å²) < 4.78 is 0. The lowest BCUT2D eigenvalue weighted by Crippen LogP contribution is -2.61. The van der Waals surface area contributed by atoms with Crippen LogP contribution in [0.15, 0.2) is 59.6 Å². The lowest BCUT2D eigenvalue weighted by Gasteiger charge is -2.44. The van der Waals surface area contributed by atoms with E-state index in [1.807, 2.05) is 29.3 Å². The minimum atomic E-state index is -0.145. The Bertz CT molecular complexity index is 955. The van der Waals surface area contributed by atoms with Gasteiger partial charge in [0, 0.05) is 36.9 Å². The highest BCUT2D eigenvalue weighted by molar-refractivity contribution is 6.30. The molecule has 8 heteroatoms. The Hall–Kier alpha value is -3.24. The van der Waals surface area contributed by atoms with E-state index in [0.29, 0.717) is 42.8 Å². The zero-order valence-electron chi connectivity index (χ0n) is 18.5. The van der Waals surface area contributed by atoms with Crippen molar-refractivity contribution in [3.8, 4) is 6.19 Å². The molecule has 1 atom stereocenters. The van der Waals surface area contributed by atoms with Gasteiger partial charge in [-0.3, -0.25) is 0 Å². The number of hydrogen-bond acceptors (Lipinski definition) is 3. The van der Waals surface area contributed by atoms with Crippen molar-refractivity contribution in [2.24, 2.45) is 10.9 Å². The molecule has 0 saturated carbocycles. The van der Waals surface area contributed by atoms with Gasteiger partial charge in [-0.15, -0.1) is 4.99 Å². The SMILES string of the molecule is CC(C)C1CN(C(=O)Nc2ccc(Cl)cc2)CCN1/C(=N\C#N)NCCc1ccccc1. The van der Waals surface area contributed by atoms with Crippen LogP contribution in [0.25, 0.3) is 0 Å². The molecule has 1 aliphatic heterocycles. The van der Waals surface area contributed by atoms with Crippen molar-refractivity contribution >= 4 is 29.3 Å². The Balaban J connectivity index is 1.63. The van der Waals surface area contributed by atoms with Crippen molar-refractivity contribution in [1.29, 1.82) is 5.26 Å². The van der Waals surface area contributed by atoms with Crippen LogP contribution < -0.4 is 10.6 Å². The van der Waals surface area contributed by atoms with E-state index < -0.39 is 0 Å². The van der Waals surface area contributed by atoms with Crippen molar-refractivity contribution in [3.63, 3.8) is 0 Å². The maximum atomic E-state index is 12.8. The number of amides is 2. The summed E-state index contributed by atoms with van der Waals surface area (Å²) in [5.74, 6) is 0.834. The summed E-state index contributed by atoms with van der Waals surface area (Å²) >= 11 is 5.92. The lowest BCUT2D eigenvalue weighted by molar-refractivity contribution is 0.117. The van der Waals surface area contributed by atoms with Gasteiger partial charge in [-0.25, -0.2) is 4.79 Å². The average Bonchev–Trinajstić information content (AvgIpc) is 2.80. The standard InChI is InChI=1S/C24H29ClN6O/c1-18(2)22-16-30(24(32)29-21-10-8-20(25)9-11-21)14-15-31(22)23(28-17-26)27-13-12-19-6-4-3-5-7-19/h3-11,18,22H,12-16H2,1-2H3,(H,27,28)(H,29,32). The van der Waals surface area contributed by atoms with Gasteiger partial charge in [0.05, 0.1) is 6.04 Å². The van der Waals surface area contributed by atoms with Gasteiger partial charge in [-0.2, -0.15) is 5.26 Å². The molecule has 0 radical (unpaired) electrons. The third-order valence-corrected chi connectivity index (χ3v) is 5.79. The molecule has 32 heavy (non-hydrogen) atoms. The zero-order chi connectivity index (χ0) is 22.9. The third kappa shape index (κ3) is 6.38. The molecule has 2 aromatic rings. The van der Waals surface area contributed by atoms with Crippen LogP contribution in [-0.4, -0.2) is 54.0 Å². The van der Waals surface area contributed by atoms with Gasteiger partial charge in [0.25, 0.3) is 0 Å². The number of anilines is 1. The molecule has 2 amide bonds. The van der Waals surface area contributed by atoms with Crippen LogP contribution >= 0.6 is 11.6 Å². The predicted molar refractivity (Wildman–Crippen MR) is 129 cm³/mol. The molecule has 7 nitrogen and oxygen atoms in total. The quantitative estimate of drug-likeness (QED) is 0.405. The number of urea groups is 1. The molecule has 1 heterocycles. The van der Waals surface area contributed by atoms with E-state index >= 15 is 0 Å². The summed E-state index contributed by atoms with van der Waals surface area (Å²) in [5.41, 5.74) is 1.93. The molecule has 1 aliphatic rings. The first-order valence-corrected chi connectivity index (χ1v) is 11.2. The summed E-state index contributed by atoms with van der Waals surface area (Å²) in [6, 6.07) is 17.1. The number of guanidine groups is 1. The van der Waals surface area contributed by atoms with Crippen LogP contribution in [0.2, 0.25) is 5.02 Å². The fourth-order valence-electron chi connectivity index (χ4n) is 3.78. The van der Waals surface area contributed by atoms with Crippen molar-refractivity contribution in [2.75, 3.05) is 31.5 Å². The van der Waals surface area contributed by atoms with Gasteiger partial charge in [0.1, 0.15) is 0 Å². The van der Waals surface area contributed by atoms with Crippen LogP contribution in [-0.2, 0) is 6.42 Å². The molecule has 1 saturated heterocycles. The number of halogens is 1. The Morgan fingerprint density at radius 2 is 1.91 bits per heavy atom. The predicted octanol–water partition coefficient (Wildman–Crippen LogP) is 4.18. The first-order chi connectivity index (χ1) is 15.5. The normalized spacial score (nSPS) is 16.6. The summed E-state index contributed by atoms with van der Waals surface area (Å²) in [6.45, 7) is 6.58. The molecule has 2 N–H and O–H groups in total. The average molecular weight is 453 g/mol. The van der Waals surface area contributed by atoms with Gasteiger partial charge in [0.15, 0.2) is 0 Å². The van der Waals surface area contributed by atoms with E-state index in [0.717, 1.165) is 6.42 Å². The Kier molecular flexibility index (Phi) is 8.34. The molecule has 0 bridgehead atoms. The Labute approximate surface area is 194 Å². The first-order valence-electron chi connectivity index (χ1n) is 10.8. The fraction of sp³-hybridized carbons (Fsp3) is 0.375. The molecule has 0 aromatic heterocycles. The van der Waals surface area contributed by atoms with Crippen molar-refractivity contribution < 1.29 is 4.79 Å². The second-order valence-electron chi connectivity index (χ2n) is 8.09. The Morgan fingerprint density at radius 3 is 2.56 bits per heavy atom. The molecule has 168 valence electrons. The molecule has 2 aromatic carbocycles. The maximum Gasteiger partial charge on any atom is 0.321 e. The topological polar surface area (TPSA) is 83.8 Å². The van der Waals surface area contributed by atoms with Crippen LogP contribution in [0.5, 0.6) is 0 Å². The van der Waals surface area contributed by atoms with Gasteiger partial charge in [0.2, 0.25) is 12.2 Å². The first kappa shape index (κ1) is 23.4. The third-order valence-electron chi connectivity index (χ3n) is 5.54. The number of hydrogen-bond donors (Lipinski definition) is 2. The largest absolute Gasteiger partial charge is 0.355 e. The van der Waals surface area contributed by atoms with E-state index in [1.54, 1.807) is 24.3 Å². The fourth-order valence-corrected chi connectivity index (χ4v) is 3.91. The number of aliphatic imine (C=N–C) groups is 1. The van der Waals surface area contributed by atoms with Crippen molar-refractivity contribution in [1.82, 2.24) is 15.1 Å². The number of benzene rings is 2. The van der Waals surface area contributed by atoms with Crippen LogP contribution in [0, 0.1) is 17.4 Å². The van der Waals surface area contributed by atoms with Crippen molar-refractivity contribution in [2.45, 2.75) is 26.3 Å². The summed E-state index contributed by atoms with van der Waals surface area (Å²) in [4.78, 5) is 20.8. The van der Waals surface area contributed by atoms with Crippen LogP contribution in [0.1, 0.15) is 19.4 Å². The number of piperazine rings is 1. The monoisotopic (exact) mass is 452 g/mol. The number of nitriles is 1. The van der Waals surface area contributed by atoms with Gasteiger partial charge in [-0.05, 0) is 42.2 Å². The molecule has 0 spiro atoms. The van der Waals surface area contributed by atoms with Gasteiger partial charge < -0.3 is 20.4 Å². The summed E-state index contributed by atoms with van der Waals surface area (Å²) in [6.07, 6.45) is 2.76. The summed E-state index contributed by atoms with van der Waals surface area (Å²) in [7, 11) is 0. The number of nitrogens with one attached hydrogen (secondary N) is 2. The zero-order valence-corrected chi connectivity index (χ0v) is 19.2. The molecule has 3 rings (SSSR count). The minimum absolute atomic E-state index is 0.0380. The van der Waals surface area contributed by atoms with E-state index in [2.05, 4.69) is 46.5 Å². The van der Waals surface area contributed by atoms with Crippen LogP contribution in [0.3, 0.4) is 0 Å². The van der Waals surface area contributed by atoms with E-state index in [4.69, 9.17) is 11.6 Å². The number of carbonyl (C=O) groups is 1. The highest BCUT2D eigenvalue weighted by Gasteiger charge is 2.33. The second kappa shape index (κ2) is 11.4. The van der Waals surface area contributed by atoms with Gasteiger partial charge >= 0.3 is 6.03 Å². The molecular formula is C24H29ClN6O. The Morgan fingerprint density at radius 1 is 1.19 bits per heavy atom. The number of nitrogens with zero attached hydrogens (tertiary/aromatic N) is 4. The summed E-state index contributed by atoms with van der Waals surface area (Å²) in [5, 5.41) is 16.1. The number of rotatable bonds is 5. The molecule has 0 aliphatic carbocycles. The van der Waals surface area contributed by atoms with E-state index in [-0.39, 0.29) is 18.0 Å². The molecule has 1 unspecified atom stereocenters. The van der Waals surface area contributed by atoms with E-state index in [1.165, 1.54) is 5.56 Å². The smallest absolute Gasteiger partial charge is 0.321 e. The second-order valence-corrected chi connectivity index (χ2v) is 8.52. The molecule has 1 fully saturated rings.